The van der Waals surface area contributed by atoms with Crippen molar-refractivity contribution in [3.05, 3.63) is 29.8 Å². The summed E-state index contributed by atoms with van der Waals surface area (Å²) < 4.78 is 5.10. The van der Waals surface area contributed by atoms with Crippen molar-refractivity contribution >= 4 is 0 Å². The Morgan fingerprint density at radius 1 is 1.64 bits per heavy atom. The van der Waals surface area contributed by atoms with Gasteiger partial charge in [0.1, 0.15) is 5.75 Å². The molecule has 0 heterocycles. The predicted molar refractivity (Wildman–Crippen MR) is 44.6 cm³/mol. The maximum Gasteiger partial charge on any atom is 0.131 e. The molecule has 11 heavy (non-hydrogen) atoms. The van der Waals surface area contributed by atoms with Crippen LogP contribution in [0.15, 0.2) is 18.2 Å². The molecule has 1 aromatic rings. The van der Waals surface area contributed by atoms with E-state index in [-0.39, 0.29) is 0 Å². The van der Waals surface area contributed by atoms with Gasteiger partial charge in [0.2, 0.25) is 0 Å². The highest BCUT2D eigenvalue weighted by Gasteiger charge is 1.98. The van der Waals surface area contributed by atoms with Crippen LogP contribution in [-0.2, 0) is 6.54 Å². The molecule has 0 unspecified atom stereocenters. The van der Waals surface area contributed by atoms with Crippen molar-refractivity contribution in [1.82, 2.24) is 5.32 Å². The average Bonchev–Trinajstić information content (AvgIpc) is 2.06. The first kappa shape index (κ1) is 8.08. The summed E-state index contributed by atoms with van der Waals surface area (Å²) in [5.41, 5.74) is 1.14. The molecule has 0 aromatic heterocycles. The smallest absolute Gasteiger partial charge is 0.131 e. The first-order valence-corrected chi connectivity index (χ1v) is 3.56. The molecule has 0 fully saturated rings. The Bertz CT molecular complexity index is 223. The summed E-state index contributed by atoms with van der Waals surface area (Å²) in [6.07, 6.45) is 0. The molecule has 59 valence electrons. The van der Waals surface area contributed by atoms with Gasteiger partial charge in [-0.05, 0) is 7.05 Å². The summed E-state index contributed by atoms with van der Waals surface area (Å²) in [5, 5.41) is 3.06. The number of hydrogen-bond donors (Lipinski definition) is 1. The molecular formula is C9H12NO. The van der Waals surface area contributed by atoms with Gasteiger partial charge in [-0.25, -0.2) is 0 Å². The summed E-state index contributed by atoms with van der Waals surface area (Å²) in [4.78, 5) is 0. The minimum Gasteiger partial charge on any atom is -0.496 e. The van der Waals surface area contributed by atoms with Gasteiger partial charge in [-0.15, -0.1) is 0 Å². The summed E-state index contributed by atoms with van der Waals surface area (Å²) in [6, 6.07) is 8.83. The van der Waals surface area contributed by atoms with E-state index in [0.29, 0.717) is 0 Å². The number of rotatable bonds is 3. The summed E-state index contributed by atoms with van der Waals surface area (Å²) >= 11 is 0. The third-order valence-electron chi connectivity index (χ3n) is 1.47. The lowest BCUT2D eigenvalue weighted by Crippen LogP contribution is -2.06. The highest BCUT2D eigenvalue weighted by atomic mass is 16.5. The van der Waals surface area contributed by atoms with Gasteiger partial charge in [0.05, 0.1) is 7.11 Å². The van der Waals surface area contributed by atoms with Gasteiger partial charge in [-0.3, -0.25) is 0 Å². The van der Waals surface area contributed by atoms with Gasteiger partial charge in [0.25, 0.3) is 0 Å². The molecule has 0 saturated carbocycles. The number of benzene rings is 1. The number of methoxy groups -OCH3 is 1. The summed E-state index contributed by atoms with van der Waals surface area (Å²) in [7, 11) is 3.57. The SMILES string of the molecule is CNCc1ccc[c]c1OC. The van der Waals surface area contributed by atoms with E-state index in [4.69, 9.17) is 4.74 Å². The highest BCUT2D eigenvalue weighted by Crippen LogP contribution is 2.15. The van der Waals surface area contributed by atoms with E-state index in [1.807, 2.05) is 25.2 Å². The molecule has 1 aromatic carbocycles. The monoisotopic (exact) mass is 150 g/mol. The second kappa shape index (κ2) is 3.98. The van der Waals surface area contributed by atoms with Crippen molar-refractivity contribution in [2.45, 2.75) is 6.54 Å². The Labute approximate surface area is 67.2 Å². The third-order valence-corrected chi connectivity index (χ3v) is 1.47. The maximum absolute atomic E-state index is 5.10. The molecular weight excluding hydrogens is 138 g/mol. The van der Waals surface area contributed by atoms with Crippen LogP contribution in [-0.4, -0.2) is 14.2 Å². The zero-order valence-corrected chi connectivity index (χ0v) is 6.85. The fourth-order valence-electron chi connectivity index (χ4n) is 0.976. The Morgan fingerprint density at radius 2 is 2.45 bits per heavy atom. The molecule has 1 rings (SSSR count). The quantitative estimate of drug-likeness (QED) is 0.699. The fraction of sp³-hybridized carbons (Fsp3) is 0.333. The van der Waals surface area contributed by atoms with Crippen molar-refractivity contribution in [3.63, 3.8) is 0 Å². The molecule has 0 amide bonds. The van der Waals surface area contributed by atoms with E-state index in [1.165, 1.54) is 0 Å². The zero-order chi connectivity index (χ0) is 8.10. The number of ether oxygens (including phenoxy) is 1. The van der Waals surface area contributed by atoms with Gasteiger partial charge in [-0.1, -0.05) is 18.2 Å². The zero-order valence-electron chi connectivity index (χ0n) is 6.85. The Balaban J connectivity index is 2.83. The molecule has 2 heteroatoms. The van der Waals surface area contributed by atoms with E-state index in [9.17, 15) is 0 Å². The van der Waals surface area contributed by atoms with Crippen LogP contribution in [0.1, 0.15) is 5.56 Å². The van der Waals surface area contributed by atoms with E-state index in [1.54, 1.807) is 7.11 Å². The normalized spacial score (nSPS) is 9.64. The van der Waals surface area contributed by atoms with Crippen LogP contribution in [0, 0.1) is 6.07 Å². The van der Waals surface area contributed by atoms with Gasteiger partial charge in [-0.2, -0.15) is 0 Å². The molecule has 1 N–H and O–H groups in total. The van der Waals surface area contributed by atoms with Gasteiger partial charge < -0.3 is 10.1 Å². The minimum atomic E-state index is 0.820. The second-order valence-corrected chi connectivity index (χ2v) is 2.26. The Kier molecular flexibility index (Phi) is 2.93. The lowest BCUT2D eigenvalue weighted by atomic mass is 10.2. The molecule has 0 spiro atoms. The van der Waals surface area contributed by atoms with Crippen molar-refractivity contribution in [1.29, 1.82) is 0 Å². The van der Waals surface area contributed by atoms with Crippen LogP contribution in [0.25, 0.3) is 0 Å². The van der Waals surface area contributed by atoms with Crippen LogP contribution >= 0.6 is 0 Å². The highest BCUT2D eigenvalue weighted by molar-refractivity contribution is 5.31. The lowest BCUT2D eigenvalue weighted by Gasteiger charge is -2.05. The predicted octanol–water partition coefficient (Wildman–Crippen LogP) is 1.21. The molecule has 0 aliphatic heterocycles. The summed E-state index contributed by atoms with van der Waals surface area (Å²) in [5.74, 6) is 0.821. The van der Waals surface area contributed by atoms with E-state index in [0.717, 1.165) is 17.9 Å². The van der Waals surface area contributed by atoms with Crippen LogP contribution in [0.4, 0.5) is 0 Å². The minimum absolute atomic E-state index is 0.820. The van der Waals surface area contributed by atoms with Crippen LogP contribution < -0.4 is 10.1 Å². The average molecular weight is 150 g/mol. The Hall–Kier alpha value is -1.02. The third kappa shape index (κ3) is 1.95. The number of hydrogen-bond acceptors (Lipinski definition) is 2. The van der Waals surface area contributed by atoms with Crippen molar-refractivity contribution in [2.24, 2.45) is 0 Å². The molecule has 2 nitrogen and oxygen atoms in total. The number of para-hydroxylation sites is 1. The van der Waals surface area contributed by atoms with E-state index >= 15 is 0 Å². The van der Waals surface area contributed by atoms with Crippen LogP contribution in [0.5, 0.6) is 5.75 Å². The fourth-order valence-corrected chi connectivity index (χ4v) is 0.976. The molecule has 0 bridgehead atoms. The van der Waals surface area contributed by atoms with Gasteiger partial charge in [0.15, 0.2) is 0 Å². The van der Waals surface area contributed by atoms with Crippen LogP contribution in [0.3, 0.4) is 0 Å². The van der Waals surface area contributed by atoms with Gasteiger partial charge >= 0.3 is 0 Å². The number of nitrogens with one attached hydrogen (secondary N) is 1. The maximum atomic E-state index is 5.10. The largest absolute Gasteiger partial charge is 0.496 e. The van der Waals surface area contributed by atoms with E-state index < -0.39 is 0 Å². The molecule has 0 aliphatic carbocycles. The van der Waals surface area contributed by atoms with Crippen molar-refractivity contribution in [3.8, 4) is 5.75 Å². The van der Waals surface area contributed by atoms with Gasteiger partial charge in [0, 0.05) is 18.2 Å². The lowest BCUT2D eigenvalue weighted by molar-refractivity contribution is 0.407. The summed E-state index contributed by atoms with van der Waals surface area (Å²) in [6.45, 7) is 0.820. The van der Waals surface area contributed by atoms with Crippen molar-refractivity contribution in [2.75, 3.05) is 14.2 Å². The topological polar surface area (TPSA) is 21.3 Å². The Morgan fingerprint density at radius 3 is 3.09 bits per heavy atom. The molecule has 1 radical (unpaired) electrons. The first-order valence-electron chi connectivity index (χ1n) is 3.56. The van der Waals surface area contributed by atoms with Crippen molar-refractivity contribution < 1.29 is 4.74 Å². The standard InChI is InChI=1S/C9H12NO/c1-10-7-8-5-3-4-6-9(8)11-2/h3-5,10H,7H2,1-2H3. The first-order chi connectivity index (χ1) is 5.38. The second-order valence-electron chi connectivity index (χ2n) is 2.26. The molecule has 0 atom stereocenters. The molecule has 0 aliphatic rings. The molecule has 0 saturated heterocycles. The van der Waals surface area contributed by atoms with Crippen LogP contribution in [0.2, 0.25) is 0 Å². The van der Waals surface area contributed by atoms with E-state index in [2.05, 4.69) is 11.4 Å².